The summed E-state index contributed by atoms with van der Waals surface area (Å²) in [5, 5.41) is 24.0. The highest BCUT2D eigenvalue weighted by Gasteiger charge is 2.36. The minimum Gasteiger partial charge on any atom is -0.393 e. The lowest BCUT2D eigenvalue weighted by atomic mass is 9.75. The molecule has 3 rings (SSSR count). The maximum Gasteiger partial charge on any atom is 0.274 e. The van der Waals surface area contributed by atoms with Crippen molar-refractivity contribution in [1.82, 2.24) is 30.3 Å². The van der Waals surface area contributed by atoms with Gasteiger partial charge in [0.05, 0.1) is 18.3 Å². The summed E-state index contributed by atoms with van der Waals surface area (Å²) in [4.78, 5) is 26.4. The lowest BCUT2D eigenvalue weighted by Gasteiger charge is -2.37. The molecule has 0 unspecified atom stereocenters. The highest BCUT2D eigenvalue weighted by molar-refractivity contribution is 5.76. The number of aromatic amines is 1. The van der Waals surface area contributed by atoms with Gasteiger partial charge in [0.1, 0.15) is 5.69 Å². The van der Waals surface area contributed by atoms with Crippen LogP contribution in [0.1, 0.15) is 36.6 Å². The second kappa shape index (κ2) is 7.01. The predicted molar refractivity (Wildman–Crippen MR) is 88.2 cm³/mol. The van der Waals surface area contributed by atoms with Crippen molar-refractivity contribution in [2.75, 3.05) is 5.73 Å². The predicted octanol–water partition coefficient (Wildman–Crippen LogP) is -0.958. The van der Waals surface area contributed by atoms with Crippen molar-refractivity contribution in [2.24, 2.45) is 13.0 Å². The van der Waals surface area contributed by atoms with Crippen molar-refractivity contribution in [3.05, 3.63) is 34.0 Å². The van der Waals surface area contributed by atoms with Crippen LogP contribution in [-0.4, -0.2) is 42.1 Å². The van der Waals surface area contributed by atoms with Crippen LogP contribution in [0.5, 0.6) is 0 Å². The summed E-state index contributed by atoms with van der Waals surface area (Å²) in [6.45, 7) is 0. The molecule has 0 aromatic carbocycles. The molecule has 1 aliphatic rings. The number of nitrogen functional groups attached to an aromatic ring is 1. The molecule has 0 saturated heterocycles. The number of H-pyrrole nitrogens is 1. The van der Waals surface area contributed by atoms with Gasteiger partial charge in [0.15, 0.2) is 0 Å². The third-order valence-corrected chi connectivity index (χ3v) is 4.39. The third-order valence-electron chi connectivity index (χ3n) is 4.39. The molecular weight excluding hydrogens is 326 g/mol. The van der Waals surface area contributed by atoms with E-state index in [2.05, 4.69) is 25.6 Å². The standard InChI is InChI=1S/C15H21N7O3/c1-22-7-9(6-17-22)13(8-4-10(23)5-8)18-12(24)3-2-11-14(25)19-15(16)21-20-11/h6-8,10,13,23H,2-5H2,1H3,(H,18,24)(H3,16,19,21,25)/t8?,10?,13-/m1/s1. The van der Waals surface area contributed by atoms with Crippen LogP contribution >= 0.6 is 0 Å². The number of aryl methyl sites for hydroxylation is 2. The van der Waals surface area contributed by atoms with Crippen molar-refractivity contribution in [3.8, 4) is 0 Å². The molecule has 0 bridgehead atoms. The molecule has 2 aromatic rings. The van der Waals surface area contributed by atoms with Gasteiger partial charge in [-0.1, -0.05) is 0 Å². The van der Waals surface area contributed by atoms with Crippen LogP contribution < -0.4 is 16.6 Å². The van der Waals surface area contributed by atoms with Crippen LogP contribution in [0.3, 0.4) is 0 Å². The first-order valence-electron chi connectivity index (χ1n) is 8.09. The van der Waals surface area contributed by atoms with Crippen molar-refractivity contribution >= 4 is 11.9 Å². The fraction of sp³-hybridized carbons (Fsp3) is 0.533. The van der Waals surface area contributed by atoms with Gasteiger partial charge >= 0.3 is 0 Å². The van der Waals surface area contributed by atoms with E-state index in [1.165, 1.54) is 0 Å². The van der Waals surface area contributed by atoms with Crippen LogP contribution in [0.25, 0.3) is 0 Å². The van der Waals surface area contributed by atoms with Crippen molar-refractivity contribution in [1.29, 1.82) is 0 Å². The van der Waals surface area contributed by atoms with Crippen LogP contribution in [0, 0.1) is 5.92 Å². The maximum absolute atomic E-state index is 12.3. The number of amides is 1. The minimum atomic E-state index is -0.439. The second-order valence-corrected chi connectivity index (χ2v) is 6.36. The van der Waals surface area contributed by atoms with Gasteiger partial charge in [0.2, 0.25) is 11.9 Å². The fourth-order valence-electron chi connectivity index (χ4n) is 2.99. The molecule has 1 atom stereocenters. The van der Waals surface area contributed by atoms with E-state index in [1.807, 2.05) is 13.2 Å². The first kappa shape index (κ1) is 17.1. The lowest BCUT2D eigenvalue weighted by molar-refractivity contribution is -0.123. The molecule has 0 spiro atoms. The van der Waals surface area contributed by atoms with Crippen LogP contribution in [0.15, 0.2) is 17.2 Å². The Morgan fingerprint density at radius 3 is 2.88 bits per heavy atom. The molecule has 10 heteroatoms. The van der Waals surface area contributed by atoms with Crippen molar-refractivity contribution in [3.63, 3.8) is 0 Å². The zero-order valence-corrected chi connectivity index (χ0v) is 13.8. The monoisotopic (exact) mass is 347 g/mol. The highest BCUT2D eigenvalue weighted by atomic mass is 16.3. The van der Waals surface area contributed by atoms with Gasteiger partial charge in [-0.15, -0.1) is 10.2 Å². The summed E-state index contributed by atoms with van der Waals surface area (Å²) in [5.41, 5.74) is 5.98. The number of aliphatic hydroxyl groups excluding tert-OH is 1. The number of nitrogens with zero attached hydrogens (tertiary/aromatic N) is 4. The molecule has 1 aliphatic carbocycles. The van der Waals surface area contributed by atoms with Gasteiger partial charge in [0, 0.05) is 31.6 Å². The zero-order chi connectivity index (χ0) is 18.0. The normalized spacial score (nSPS) is 20.7. The first-order chi connectivity index (χ1) is 11.9. The Morgan fingerprint density at radius 1 is 1.52 bits per heavy atom. The maximum atomic E-state index is 12.3. The SMILES string of the molecule is Cn1cc([C@H](NC(=O)CCc2nnc(N)[nH]c2=O)C2CC(O)C2)cn1. The number of nitrogens with two attached hydrogens (primary N) is 1. The summed E-state index contributed by atoms with van der Waals surface area (Å²) in [6, 6.07) is -0.208. The van der Waals surface area contributed by atoms with E-state index in [4.69, 9.17) is 5.73 Å². The number of nitrogens with one attached hydrogen (secondary N) is 2. The number of hydrogen-bond acceptors (Lipinski definition) is 7. The molecule has 25 heavy (non-hydrogen) atoms. The van der Waals surface area contributed by atoms with Crippen LogP contribution in [0.2, 0.25) is 0 Å². The van der Waals surface area contributed by atoms with E-state index >= 15 is 0 Å². The van der Waals surface area contributed by atoms with Gasteiger partial charge < -0.3 is 16.2 Å². The summed E-state index contributed by atoms with van der Waals surface area (Å²) < 4.78 is 1.67. The molecule has 0 aliphatic heterocycles. The largest absolute Gasteiger partial charge is 0.393 e. The molecule has 2 aromatic heterocycles. The summed E-state index contributed by atoms with van der Waals surface area (Å²) in [5.74, 6) is -0.0884. The molecule has 1 saturated carbocycles. The van der Waals surface area contributed by atoms with E-state index in [0.29, 0.717) is 12.8 Å². The molecule has 5 N–H and O–H groups in total. The van der Waals surface area contributed by atoms with Gasteiger partial charge in [-0.2, -0.15) is 5.10 Å². The van der Waals surface area contributed by atoms with E-state index < -0.39 is 5.56 Å². The highest BCUT2D eigenvalue weighted by Crippen LogP contribution is 2.37. The first-order valence-corrected chi connectivity index (χ1v) is 8.09. The molecule has 1 amide bonds. The number of hydrogen-bond donors (Lipinski definition) is 4. The Labute approximate surface area is 143 Å². The topological polar surface area (TPSA) is 152 Å². The van der Waals surface area contributed by atoms with E-state index in [1.54, 1.807) is 10.9 Å². The summed E-state index contributed by atoms with van der Waals surface area (Å²) >= 11 is 0. The zero-order valence-electron chi connectivity index (χ0n) is 13.8. The molecular formula is C15H21N7O3. The average molecular weight is 347 g/mol. The molecule has 134 valence electrons. The third kappa shape index (κ3) is 4.02. The molecule has 10 nitrogen and oxygen atoms in total. The fourth-order valence-corrected chi connectivity index (χ4v) is 2.99. The Hall–Kier alpha value is -2.75. The summed E-state index contributed by atoms with van der Waals surface area (Å²) in [7, 11) is 1.81. The lowest BCUT2D eigenvalue weighted by Crippen LogP contribution is -2.41. The van der Waals surface area contributed by atoms with Gasteiger partial charge in [-0.05, 0) is 18.8 Å². The smallest absolute Gasteiger partial charge is 0.274 e. The second-order valence-electron chi connectivity index (χ2n) is 6.36. The van der Waals surface area contributed by atoms with Crippen LogP contribution in [-0.2, 0) is 18.3 Å². The number of aromatic nitrogens is 5. The Bertz CT molecular complexity index is 809. The Kier molecular flexibility index (Phi) is 4.79. The van der Waals surface area contributed by atoms with Crippen molar-refractivity contribution in [2.45, 2.75) is 37.8 Å². The number of carbonyl (C=O) groups is 1. The Balaban J connectivity index is 1.63. The molecule has 1 fully saturated rings. The summed E-state index contributed by atoms with van der Waals surface area (Å²) in [6.07, 6.45) is 4.81. The van der Waals surface area contributed by atoms with E-state index in [9.17, 15) is 14.7 Å². The quantitative estimate of drug-likeness (QED) is 0.525. The van der Waals surface area contributed by atoms with Crippen molar-refractivity contribution < 1.29 is 9.90 Å². The molecule has 2 heterocycles. The van der Waals surface area contributed by atoms with Crippen LogP contribution in [0.4, 0.5) is 5.95 Å². The number of carbonyl (C=O) groups excluding carboxylic acids is 1. The van der Waals surface area contributed by atoms with Gasteiger partial charge in [0.25, 0.3) is 5.56 Å². The van der Waals surface area contributed by atoms with Gasteiger partial charge in [-0.3, -0.25) is 19.3 Å². The molecule has 0 radical (unpaired) electrons. The van der Waals surface area contributed by atoms with E-state index in [0.717, 1.165) is 5.56 Å². The number of rotatable bonds is 6. The average Bonchev–Trinajstić information content (AvgIpc) is 2.95. The van der Waals surface area contributed by atoms with Gasteiger partial charge in [-0.25, -0.2) is 0 Å². The Morgan fingerprint density at radius 2 is 2.28 bits per heavy atom. The number of aliphatic hydroxyl groups is 1. The number of anilines is 1. The minimum absolute atomic E-state index is 0.0571. The van der Waals surface area contributed by atoms with E-state index in [-0.39, 0.29) is 48.5 Å².